The van der Waals surface area contributed by atoms with Gasteiger partial charge in [-0.2, -0.15) is 0 Å². The summed E-state index contributed by atoms with van der Waals surface area (Å²) in [5, 5.41) is 3.58. The van der Waals surface area contributed by atoms with Crippen LogP contribution in [0.15, 0.2) is 36.4 Å². The Bertz CT molecular complexity index is 789. The summed E-state index contributed by atoms with van der Waals surface area (Å²) in [6.45, 7) is 4.41. The van der Waals surface area contributed by atoms with Crippen molar-refractivity contribution >= 4 is 28.9 Å². The molecule has 2 aromatic carbocycles. The van der Waals surface area contributed by atoms with Gasteiger partial charge >= 0.3 is 0 Å². The lowest BCUT2D eigenvalue weighted by atomic mass is 10.1. The molecule has 0 atom stereocenters. The van der Waals surface area contributed by atoms with Crippen LogP contribution < -0.4 is 19.7 Å². The third kappa shape index (κ3) is 4.05. The van der Waals surface area contributed by atoms with Crippen LogP contribution in [0.1, 0.15) is 30.1 Å². The van der Waals surface area contributed by atoms with Gasteiger partial charge in [0.2, 0.25) is 0 Å². The van der Waals surface area contributed by atoms with E-state index in [4.69, 9.17) is 21.1 Å². The van der Waals surface area contributed by atoms with Gasteiger partial charge in [-0.1, -0.05) is 11.6 Å². The molecule has 26 heavy (non-hydrogen) atoms. The second-order valence-electron chi connectivity index (χ2n) is 6.11. The maximum Gasteiger partial charge on any atom is 0.255 e. The molecule has 0 aromatic heterocycles. The largest absolute Gasteiger partial charge is 0.493 e. The lowest BCUT2D eigenvalue weighted by Crippen LogP contribution is -2.21. The number of nitrogens with zero attached hydrogens (tertiary/aromatic N) is 1. The van der Waals surface area contributed by atoms with Crippen LogP contribution in [0.4, 0.5) is 11.4 Å². The quantitative estimate of drug-likeness (QED) is 0.802. The molecule has 1 fully saturated rings. The number of hydrogen-bond acceptors (Lipinski definition) is 4. The Balaban J connectivity index is 1.85. The predicted molar refractivity (Wildman–Crippen MR) is 105 cm³/mol. The first-order valence-electron chi connectivity index (χ1n) is 8.79. The van der Waals surface area contributed by atoms with Crippen molar-refractivity contribution in [1.29, 1.82) is 0 Å². The minimum Gasteiger partial charge on any atom is -0.493 e. The van der Waals surface area contributed by atoms with Gasteiger partial charge < -0.3 is 19.7 Å². The van der Waals surface area contributed by atoms with Crippen LogP contribution in [0.2, 0.25) is 5.02 Å². The molecule has 3 rings (SSSR count). The average Bonchev–Trinajstić information content (AvgIpc) is 3.16. The van der Waals surface area contributed by atoms with Crippen LogP contribution >= 0.6 is 11.6 Å². The molecule has 0 spiro atoms. The van der Waals surface area contributed by atoms with E-state index in [0.29, 0.717) is 28.7 Å². The fourth-order valence-electron chi connectivity index (χ4n) is 3.12. The predicted octanol–water partition coefficient (Wildman–Crippen LogP) is 4.60. The topological polar surface area (TPSA) is 50.8 Å². The van der Waals surface area contributed by atoms with E-state index in [1.165, 1.54) is 0 Å². The third-order valence-electron chi connectivity index (χ3n) is 4.38. The van der Waals surface area contributed by atoms with Gasteiger partial charge in [-0.3, -0.25) is 4.79 Å². The molecule has 0 bridgehead atoms. The van der Waals surface area contributed by atoms with Crippen molar-refractivity contribution in [2.24, 2.45) is 0 Å². The van der Waals surface area contributed by atoms with Crippen molar-refractivity contribution in [1.82, 2.24) is 0 Å². The number of anilines is 2. The van der Waals surface area contributed by atoms with Crippen LogP contribution in [0.3, 0.4) is 0 Å². The molecule has 1 aliphatic heterocycles. The monoisotopic (exact) mass is 374 g/mol. The zero-order valence-corrected chi connectivity index (χ0v) is 15.8. The van der Waals surface area contributed by atoms with Gasteiger partial charge in [-0.15, -0.1) is 0 Å². The Kier molecular flexibility index (Phi) is 5.89. The summed E-state index contributed by atoms with van der Waals surface area (Å²) >= 11 is 6.15. The summed E-state index contributed by atoms with van der Waals surface area (Å²) < 4.78 is 10.8. The van der Waals surface area contributed by atoms with Crippen LogP contribution in [-0.2, 0) is 0 Å². The van der Waals surface area contributed by atoms with E-state index in [-0.39, 0.29) is 5.91 Å². The van der Waals surface area contributed by atoms with Crippen LogP contribution in [0.5, 0.6) is 11.5 Å². The van der Waals surface area contributed by atoms with Gasteiger partial charge in [0.05, 0.1) is 25.1 Å². The number of carbonyl (C=O) groups excluding carboxylic acids is 1. The molecule has 138 valence electrons. The molecule has 1 amide bonds. The number of hydrogen-bond donors (Lipinski definition) is 1. The Labute approximate surface area is 158 Å². The number of methoxy groups -OCH3 is 1. The van der Waals surface area contributed by atoms with Crippen molar-refractivity contribution < 1.29 is 14.3 Å². The fraction of sp³-hybridized carbons (Fsp3) is 0.350. The Morgan fingerprint density at radius 1 is 1.15 bits per heavy atom. The zero-order chi connectivity index (χ0) is 18.5. The molecule has 0 aliphatic carbocycles. The van der Waals surface area contributed by atoms with Crippen molar-refractivity contribution in [3.05, 3.63) is 47.0 Å². The summed E-state index contributed by atoms with van der Waals surface area (Å²) in [6, 6.07) is 10.8. The summed E-state index contributed by atoms with van der Waals surface area (Å²) in [7, 11) is 1.56. The smallest absolute Gasteiger partial charge is 0.255 e. The molecule has 0 unspecified atom stereocenters. The van der Waals surface area contributed by atoms with E-state index in [1.807, 2.05) is 19.1 Å². The minimum absolute atomic E-state index is 0.214. The highest BCUT2D eigenvalue weighted by molar-refractivity contribution is 6.31. The number of amides is 1. The van der Waals surface area contributed by atoms with E-state index in [1.54, 1.807) is 31.4 Å². The van der Waals surface area contributed by atoms with Gasteiger partial charge in [0.25, 0.3) is 5.91 Å². The average molecular weight is 375 g/mol. The molecule has 1 aliphatic rings. The number of ether oxygens (including phenoxy) is 2. The lowest BCUT2D eigenvalue weighted by Gasteiger charge is -2.22. The van der Waals surface area contributed by atoms with Crippen molar-refractivity contribution in [2.45, 2.75) is 19.8 Å². The van der Waals surface area contributed by atoms with Gasteiger partial charge in [0.15, 0.2) is 11.5 Å². The number of benzene rings is 2. The zero-order valence-electron chi connectivity index (χ0n) is 15.0. The highest BCUT2D eigenvalue weighted by Gasteiger charge is 2.18. The summed E-state index contributed by atoms with van der Waals surface area (Å²) in [5.41, 5.74) is 2.22. The first-order valence-corrected chi connectivity index (χ1v) is 9.17. The molecular formula is C20H23ClN2O3. The van der Waals surface area contributed by atoms with E-state index in [2.05, 4.69) is 10.2 Å². The second-order valence-corrected chi connectivity index (χ2v) is 6.54. The molecule has 6 heteroatoms. The number of nitrogens with one attached hydrogen (secondary N) is 1. The first kappa shape index (κ1) is 18.4. The molecular weight excluding hydrogens is 352 g/mol. The molecule has 1 N–H and O–H groups in total. The van der Waals surface area contributed by atoms with Gasteiger partial charge in [0.1, 0.15) is 0 Å². The van der Waals surface area contributed by atoms with Crippen molar-refractivity contribution in [3.8, 4) is 11.5 Å². The highest BCUT2D eigenvalue weighted by Crippen LogP contribution is 2.33. The van der Waals surface area contributed by atoms with Crippen LogP contribution in [0.25, 0.3) is 0 Å². The summed E-state index contributed by atoms with van der Waals surface area (Å²) in [6.07, 6.45) is 2.32. The maximum atomic E-state index is 12.8. The third-order valence-corrected chi connectivity index (χ3v) is 4.61. The Morgan fingerprint density at radius 3 is 2.62 bits per heavy atom. The van der Waals surface area contributed by atoms with E-state index in [9.17, 15) is 4.79 Å². The molecule has 0 saturated carbocycles. The summed E-state index contributed by atoms with van der Waals surface area (Å²) in [4.78, 5) is 15.0. The normalized spacial score (nSPS) is 13.6. The molecule has 2 aromatic rings. The second kappa shape index (κ2) is 8.32. The van der Waals surface area contributed by atoms with E-state index >= 15 is 0 Å². The summed E-state index contributed by atoms with van der Waals surface area (Å²) in [5.74, 6) is 0.937. The van der Waals surface area contributed by atoms with Crippen LogP contribution in [-0.4, -0.2) is 32.7 Å². The fourth-order valence-corrected chi connectivity index (χ4v) is 3.29. The maximum absolute atomic E-state index is 12.8. The number of rotatable bonds is 6. The SMILES string of the molecule is CCOc1ccc(C(=O)Nc2cc(Cl)ccc2N2CCCC2)cc1OC. The van der Waals surface area contributed by atoms with Gasteiger partial charge in [-0.25, -0.2) is 0 Å². The Hall–Kier alpha value is -2.40. The highest BCUT2D eigenvalue weighted by atomic mass is 35.5. The molecule has 0 radical (unpaired) electrons. The number of carbonyl (C=O) groups is 1. The van der Waals surface area contributed by atoms with E-state index in [0.717, 1.165) is 37.3 Å². The first-order chi connectivity index (χ1) is 12.6. The van der Waals surface area contributed by atoms with Crippen molar-refractivity contribution in [2.75, 3.05) is 37.0 Å². The van der Waals surface area contributed by atoms with Crippen LogP contribution in [0, 0.1) is 0 Å². The molecule has 1 saturated heterocycles. The standard InChI is InChI=1S/C20H23ClN2O3/c1-3-26-18-9-6-14(12-19(18)25-2)20(24)22-16-13-15(21)7-8-17(16)23-10-4-5-11-23/h6-9,12-13H,3-5,10-11H2,1-2H3,(H,22,24). The van der Waals surface area contributed by atoms with E-state index < -0.39 is 0 Å². The molecule has 5 nitrogen and oxygen atoms in total. The lowest BCUT2D eigenvalue weighted by molar-refractivity contribution is 0.102. The minimum atomic E-state index is -0.214. The molecule has 1 heterocycles. The van der Waals surface area contributed by atoms with Gasteiger partial charge in [-0.05, 0) is 56.2 Å². The Morgan fingerprint density at radius 2 is 1.92 bits per heavy atom. The van der Waals surface area contributed by atoms with Crippen molar-refractivity contribution in [3.63, 3.8) is 0 Å². The van der Waals surface area contributed by atoms with Gasteiger partial charge in [0, 0.05) is 23.7 Å². The number of halogens is 1.